The third kappa shape index (κ3) is 4.54. The molecule has 0 unspecified atom stereocenters. The van der Waals surface area contributed by atoms with E-state index in [2.05, 4.69) is 10.4 Å². The number of nitrogens with one attached hydrogen (secondary N) is 1. The zero-order valence-corrected chi connectivity index (χ0v) is 13.6. The Labute approximate surface area is 143 Å². The minimum atomic E-state index is -1.10. The molecule has 2 amide bonds. The Balaban J connectivity index is 2.11. The van der Waals surface area contributed by atoms with Gasteiger partial charge in [0, 0.05) is 18.2 Å². The highest BCUT2D eigenvalue weighted by Gasteiger charge is 2.14. The van der Waals surface area contributed by atoms with Crippen molar-refractivity contribution < 1.29 is 19.5 Å². The fraction of sp³-hybridized carbons (Fsp3) is 0.176. The maximum atomic E-state index is 11.7. The summed E-state index contributed by atoms with van der Waals surface area (Å²) in [6, 6.07) is 6.89. The smallest absolute Gasteiger partial charge is 0.327 e. The molecular weight excluding hydrogens is 324 g/mol. The van der Waals surface area contributed by atoms with Gasteiger partial charge in [-0.25, -0.2) is 9.48 Å². The average molecular weight is 342 g/mol. The highest BCUT2D eigenvalue weighted by Crippen LogP contribution is 2.18. The van der Waals surface area contributed by atoms with Crippen molar-refractivity contribution in [3.63, 3.8) is 0 Å². The molecule has 1 aromatic heterocycles. The fourth-order valence-corrected chi connectivity index (χ4v) is 2.31. The van der Waals surface area contributed by atoms with Crippen LogP contribution in [0.4, 0.5) is 5.69 Å². The topological polar surface area (TPSA) is 127 Å². The lowest BCUT2D eigenvalue weighted by Gasteiger charge is -2.09. The molecule has 0 saturated carbocycles. The summed E-state index contributed by atoms with van der Waals surface area (Å²) >= 11 is 0. The van der Waals surface area contributed by atoms with Crippen LogP contribution in [0.2, 0.25) is 0 Å². The Bertz CT molecular complexity index is 822. The maximum Gasteiger partial charge on any atom is 0.327 e. The SMILES string of the molecule is CCc1c(C(N)=O)cnn1-c1ccc(NC(=O)C/C=C/C(=O)O)cc1. The zero-order valence-electron chi connectivity index (χ0n) is 13.6. The second kappa shape index (κ2) is 7.91. The summed E-state index contributed by atoms with van der Waals surface area (Å²) in [6.07, 6.45) is 4.19. The van der Waals surface area contributed by atoms with E-state index < -0.39 is 11.9 Å². The van der Waals surface area contributed by atoms with E-state index in [-0.39, 0.29) is 12.3 Å². The Hall–Kier alpha value is -3.42. The van der Waals surface area contributed by atoms with Crippen molar-refractivity contribution in [1.29, 1.82) is 0 Å². The molecule has 0 radical (unpaired) electrons. The normalized spacial score (nSPS) is 10.8. The number of primary amides is 1. The highest BCUT2D eigenvalue weighted by atomic mass is 16.4. The number of nitrogens with two attached hydrogens (primary N) is 1. The lowest BCUT2D eigenvalue weighted by Crippen LogP contribution is -2.13. The number of amides is 2. The van der Waals surface area contributed by atoms with Crippen molar-refractivity contribution >= 4 is 23.5 Å². The van der Waals surface area contributed by atoms with Crippen molar-refractivity contribution in [3.05, 3.63) is 53.9 Å². The molecule has 4 N–H and O–H groups in total. The molecule has 0 fully saturated rings. The Morgan fingerprint density at radius 3 is 2.52 bits per heavy atom. The molecule has 0 aliphatic carbocycles. The number of benzene rings is 1. The standard InChI is InChI=1S/C17H18N4O4/c1-2-14-13(17(18)25)10-19-21(14)12-8-6-11(7-9-12)20-15(22)4-3-5-16(23)24/h3,5-10H,2,4H2,1H3,(H2,18,25)(H,20,22)(H,23,24)/b5-3+. The summed E-state index contributed by atoms with van der Waals surface area (Å²) < 4.78 is 1.63. The second-order valence-corrected chi connectivity index (χ2v) is 5.17. The number of carboxylic acid groups (broad SMARTS) is 1. The maximum absolute atomic E-state index is 11.7. The molecule has 2 rings (SSSR count). The molecular formula is C17H18N4O4. The Kier molecular flexibility index (Phi) is 5.67. The van der Waals surface area contributed by atoms with E-state index in [1.54, 1.807) is 28.9 Å². The van der Waals surface area contributed by atoms with Crippen LogP contribution in [0.25, 0.3) is 5.69 Å². The largest absolute Gasteiger partial charge is 0.478 e. The third-order valence-corrected chi connectivity index (χ3v) is 3.43. The number of hydrogen-bond acceptors (Lipinski definition) is 4. The minimum Gasteiger partial charge on any atom is -0.478 e. The van der Waals surface area contributed by atoms with Crippen LogP contribution in [0.15, 0.2) is 42.6 Å². The van der Waals surface area contributed by atoms with E-state index in [4.69, 9.17) is 10.8 Å². The summed E-state index contributed by atoms with van der Waals surface area (Å²) in [4.78, 5) is 33.5. The monoisotopic (exact) mass is 342 g/mol. The average Bonchev–Trinajstić information content (AvgIpc) is 2.99. The van der Waals surface area contributed by atoms with Gasteiger partial charge in [0.05, 0.1) is 23.1 Å². The lowest BCUT2D eigenvalue weighted by atomic mass is 10.2. The van der Waals surface area contributed by atoms with Crippen LogP contribution in [-0.4, -0.2) is 32.7 Å². The molecule has 8 nitrogen and oxygen atoms in total. The molecule has 1 aromatic carbocycles. The second-order valence-electron chi connectivity index (χ2n) is 5.17. The summed E-state index contributed by atoms with van der Waals surface area (Å²) in [7, 11) is 0. The van der Waals surface area contributed by atoms with Crippen molar-refractivity contribution in [2.75, 3.05) is 5.32 Å². The third-order valence-electron chi connectivity index (χ3n) is 3.43. The molecule has 0 spiro atoms. The molecule has 0 aliphatic rings. The van der Waals surface area contributed by atoms with Crippen LogP contribution in [0, 0.1) is 0 Å². The first-order chi connectivity index (χ1) is 11.9. The first kappa shape index (κ1) is 17.9. The van der Waals surface area contributed by atoms with Crippen LogP contribution in [-0.2, 0) is 16.0 Å². The Morgan fingerprint density at radius 1 is 1.28 bits per heavy atom. The van der Waals surface area contributed by atoms with Crippen molar-refractivity contribution in [3.8, 4) is 5.69 Å². The number of carboxylic acids is 1. The molecule has 130 valence electrons. The molecule has 2 aromatic rings. The zero-order chi connectivity index (χ0) is 18.4. The van der Waals surface area contributed by atoms with Crippen LogP contribution in [0.1, 0.15) is 29.4 Å². The molecule has 8 heteroatoms. The lowest BCUT2D eigenvalue weighted by molar-refractivity contribution is -0.131. The fourth-order valence-electron chi connectivity index (χ4n) is 2.31. The number of rotatable bonds is 7. The molecule has 0 atom stereocenters. The van der Waals surface area contributed by atoms with Gasteiger partial charge in [-0.3, -0.25) is 9.59 Å². The van der Waals surface area contributed by atoms with Crippen LogP contribution in [0.5, 0.6) is 0 Å². The number of nitrogens with zero attached hydrogens (tertiary/aromatic N) is 2. The van der Waals surface area contributed by atoms with Crippen molar-refractivity contribution in [2.24, 2.45) is 5.73 Å². The summed E-state index contributed by atoms with van der Waals surface area (Å²) in [6.45, 7) is 1.90. The van der Waals surface area contributed by atoms with Gasteiger partial charge in [0.15, 0.2) is 0 Å². The number of carbonyl (C=O) groups is 3. The predicted molar refractivity (Wildman–Crippen MR) is 91.5 cm³/mol. The first-order valence-electron chi connectivity index (χ1n) is 7.58. The van der Waals surface area contributed by atoms with Gasteiger partial charge in [0.25, 0.3) is 5.91 Å². The number of carbonyl (C=O) groups excluding carboxylic acids is 2. The van der Waals surface area contributed by atoms with Crippen LogP contribution >= 0.6 is 0 Å². The van der Waals surface area contributed by atoms with Crippen LogP contribution < -0.4 is 11.1 Å². The highest BCUT2D eigenvalue weighted by molar-refractivity contribution is 5.94. The van der Waals surface area contributed by atoms with Gasteiger partial charge in [0.1, 0.15) is 0 Å². The number of aliphatic carboxylic acids is 1. The van der Waals surface area contributed by atoms with E-state index in [0.29, 0.717) is 23.4 Å². The quantitative estimate of drug-likeness (QED) is 0.657. The van der Waals surface area contributed by atoms with Gasteiger partial charge in [0.2, 0.25) is 5.91 Å². The number of anilines is 1. The summed E-state index contributed by atoms with van der Waals surface area (Å²) in [5.41, 5.74) is 7.73. The van der Waals surface area contributed by atoms with Crippen LogP contribution in [0.3, 0.4) is 0 Å². The molecule has 0 saturated heterocycles. The van der Waals surface area contributed by atoms with E-state index >= 15 is 0 Å². The van der Waals surface area contributed by atoms with E-state index in [1.165, 1.54) is 12.3 Å². The molecule has 0 aliphatic heterocycles. The van der Waals surface area contributed by atoms with E-state index in [1.807, 2.05) is 6.92 Å². The molecule has 25 heavy (non-hydrogen) atoms. The molecule has 0 bridgehead atoms. The predicted octanol–water partition coefficient (Wildman–Crippen LogP) is 1.50. The molecule has 1 heterocycles. The van der Waals surface area contributed by atoms with Crippen molar-refractivity contribution in [2.45, 2.75) is 19.8 Å². The van der Waals surface area contributed by atoms with Gasteiger partial charge in [-0.05, 0) is 30.7 Å². The number of aromatic nitrogens is 2. The van der Waals surface area contributed by atoms with Gasteiger partial charge < -0.3 is 16.2 Å². The Morgan fingerprint density at radius 2 is 1.96 bits per heavy atom. The van der Waals surface area contributed by atoms with Gasteiger partial charge in [-0.1, -0.05) is 13.0 Å². The summed E-state index contributed by atoms with van der Waals surface area (Å²) in [5, 5.41) is 15.3. The first-order valence-corrected chi connectivity index (χ1v) is 7.58. The minimum absolute atomic E-state index is 0.0326. The van der Waals surface area contributed by atoms with E-state index in [9.17, 15) is 14.4 Å². The number of hydrogen-bond donors (Lipinski definition) is 3. The van der Waals surface area contributed by atoms with Gasteiger partial charge >= 0.3 is 5.97 Å². The van der Waals surface area contributed by atoms with Gasteiger partial charge in [-0.2, -0.15) is 5.10 Å². The van der Waals surface area contributed by atoms with Crippen molar-refractivity contribution in [1.82, 2.24) is 9.78 Å². The van der Waals surface area contributed by atoms with Gasteiger partial charge in [-0.15, -0.1) is 0 Å². The summed E-state index contributed by atoms with van der Waals surface area (Å²) in [5.74, 6) is -1.95. The van der Waals surface area contributed by atoms with E-state index in [0.717, 1.165) is 11.8 Å².